The maximum absolute atomic E-state index is 13.3. The van der Waals surface area contributed by atoms with Crippen molar-refractivity contribution in [2.75, 3.05) is 23.7 Å². The molecule has 31 heavy (non-hydrogen) atoms. The first-order chi connectivity index (χ1) is 14.6. The van der Waals surface area contributed by atoms with Crippen molar-refractivity contribution in [1.82, 2.24) is 10.3 Å². The molecule has 0 aliphatic rings. The molecule has 1 heterocycles. The molecule has 2 aromatic carbocycles. The van der Waals surface area contributed by atoms with E-state index >= 15 is 0 Å². The molecular formula is C21H19ClF2N4O3. The Morgan fingerprint density at radius 2 is 1.71 bits per heavy atom. The zero-order chi connectivity index (χ0) is 22.8. The van der Waals surface area contributed by atoms with Gasteiger partial charge in [0, 0.05) is 30.9 Å². The fourth-order valence-corrected chi connectivity index (χ4v) is 2.96. The molecule has 3 rings (SSSR count). The molecule has 0 fully saturated rings. The Morgan fingerprint density at radius 1 is 1.06 bits per heavy atom. The third-order valence-corrected chi connectivity index (χ3v) is 4.83. The molecule has 0 spiro atoms. The van der Waals surface area contributed by atoms with Crippen LogP contribution in [0.15, 0.2) is 46.1 Å². The number of carbonyl (C=O) groups excluding carboxylic acids is 1. The lowest BCUT2D eigenvalue weighted by molar-refractivity contribution is 0.0937. The van der Waals surface area contributed by atoms with Gasteiger partial charge in [0.15, 0.2) is 5.15 Å². The van der Waals surface area contributed by atoms with Crippen molar-refractivity contribution in [2.45, 2.75) is 13.8 Å². The van der Waals surface area contributed by atoms with E-state index in [0.29, 0.717) is 11.8 Å². The number of nitrogens with zero attached hydrogens (tertiary/aromatic N) is 1. The van der Waals surface area contributed by atoms with Crippen molar-refractivity contribution in [1.29, 1.82) is 0 Å². The van der Waals surface area contributed by atoms with Crippen molar-refractivity contribution in [3.05, 3.63) is 79.3 Å². The van der Waals surface area contributed by atoms with Crippen molar-refractivity contribution in [3.63, 3.8) is 0 Å². The van der Waals surface area contributed by atoms with Gasteiger partial charge in [0.05, 0.1) is 5.69 Å². The Balaban J connectivity index is 1.62. The first-order valence-electron chi connectivity index (χ1n) is 9.26. The second kappa shape index (κ2) is 8.81. The summed E-state index contributed by atoms with van der Waals surface area (Å²) in [5, 5.41) is 8.49. The van der Waals surface area contributed by atoms with Gasteiger partial charge in [-0.25, -0.2) is 13.8 Å². The summed E-state index contributed by atoms with van der Waals surface area (Å²) in [6.07, 6.45) is 1.49. The molecular weight excluding hydrogens is 430 g/mol. The minimum absolute atomic E-state index is 0.0787. The van der Waals surface area contributed by atoms with Crippen LogP contribution >= 0.6 is 11.6 Å². The Hall–Kier alpha value is -3.33. The van der Waals surface area contributed by atoms with E-state index in [0.717, 1.165) is 12.1 Å². The molecule has 162 valence electrons. The molecule has 7 nitrogen and oxygen atoms in total. The number of pyridine rings is 1. The zero-order valence-corrected chi connectivity index (χ0v) is 17.4. The van der Waals surface area contributed by atoms with E-state index in [1.807, 2.05) is 13.8 Å². The molecule has 0 radical (unpaired) electrons. The van der Waals surface area contributed by atoms with Crippen LogP contribution in [-0.2, 0) is 0 Å². The summed E-state index contributed by atoms with van der Waals surface area (Å²) in [5.74, 6) is -2.32. The summed E-state index contributed by atoms with van der Waals surface area (Å²) in [5.41, 5.74) is -1.48. The minimum atomic E-state index is -0.847. The van der Waals surface area contributed by atoms with Crippen molar-refractivity contribution >= 4 is 34.6 Å². The number of nitrogens with one attached hydrogen (secondary N) is 3. The van der Waals surface area contributed by atoms with E-state index in [1.165, 1.54) is 6.20 Å². The van der Waals surface area contributed by atoms with Gasteiger partial charge >= 0.3 is 0 Å². The summed E-state index contributed by atoms with van der Waals surface area (Å²) in [7, 11) is 0. The Morgan fingerprint density at radius 3 is 2.35 bits per heavy atom. The summed E-state index contributed by atoms with van der Waals surface area (Å²) >= 11 is 5.97. The lowest BCUT2D eigenvalue weighted by Gasteiger charge is -2.27. The summed E-state index contributed by atoms with van der Waals surface area (Å²) in [4.78, 5) is 40.0. The lowest BCUT2D eigenvalue weighted by Crippen LogP contribution is -2.42. The van der Waals surface area contributed by atoms with Crippen molar-refractivity contribution < 1.29 is 13.6 Å². The maximum Gasteiger partial charge on any atom is 0.253 e. The topological polar surface area (TPSA) is 100 Å². The van der Waals surface area contributed by atoms with Crippen LogP contribution in [0.3, 0.4) is 0 Å². The predicted molar refractivity (Wildman–Crippen MR) is 115 cm³/mol. The van der Waals surface area contributed by atoms with Crippen molar-refractivity contribution in [3.8, 4) is 0 Å². The maximum atomic E-state index is 13.3. The Labute approximate surface area is 181 Å². The number of carbonyl (C=O) groups is 1. The summed E-state index contributed by atoms with van der Waals surface area (Å²) in [6.45, 7) is 3.99. The number of hydrogen-bond acceptors (Lipinski definition) is 6. The second-order valence-electron chi connectivity index (χ2n) is 7.73. The van der Waals surface area contributed by atoms with Crippen LogP contribution in [0, 0.1) is 17.0 Å². The highest BCUT2D eigenvalue weighted by Gasteiger charge is 2.25. The smallest absolute Gasteiger partial charge is 0.253 e. The average Bonchev–Trinajstić information content (AvgIpc) is 2.71. The quantitative estimate of drug-likeness (QED) is 0.361. The molecule has 0 saturated heterocycles. The van der Waals surface area contributed by atoms with E-state index in [4.69, 9.17) is 11.6 Å². The Bertz CT molecular complexity index is 1190. The molecule has 3 N–H and O–H groups in total. The first-order valence-corrected chi connectivity index (χ1v) is 9.64. The third-order valence-electron chi connectivity index (χ3n) is 4.53. The first kappa shape index (κ1) is 22.4. The number of benzene rings is 1. The zero-order valence-electron chi connectivity index (χ0n) is 16.7. The highest BCUT2D eigenvalue weighted by atomic mass is 35.5. The normalized spacial score (nSPS) is 11.4. The molecule has 0 bridgehead atoms. The van der Waals surface area contributed by atoms with Gasteiger partial charge in [-0.2, -0.15) is 0 Å². The average molecular weight is 449 g/mol. The standard InChI is InChI=1S/C21H19ClF2N4O3/c1-21(2,10-27-20(31)11-6-12(23)8-13(24)7-11)9-26-15-16(18(30)17(15)29)28-14-4-3-5-25-19(14)22/h3-8,26,28H,9-10H2,1-2H3,(H,27,31). The predicted octanol–water partition coefficient (Wildman–Crippen LogP) is 3.22. The Kier molecular flexibility index (Phi) is 6.35. The van der Waals surface area contributed by atoms with Gasteiger partial charge in [-0.15, -0.1) is 0 Å². The molecule has 0 unspecified atom stereocenters. The van der Waals surface area contributed by atoms with Crippen LogP contribution in [0.4, 0.5) is 25.8 Å². The van der Waals surface area contributed by atoms with Gasteiger partial charge in [-0.3, -0.25) is 14.4 Å². The van der Waals surface area contributed by atoms with E-state index in [9.17, 15) is 23.2 Å². The van der Waals surface area contributed by atoms with Gasteiger partial charge in [0.25, 0.3) is 16.8 Å². The van der Waals surface area contributed by atoms with Crippen LogP contribution in [0.2, 0.25) is 5.15 Å². The molecule has 0 atom stereocenters. The van der Waals surface area contributed by atoms with Gasteiger partial charge < -0.3 is 16.0 Å². The van der Waals surface area contributed by atoms with E-state index < -0.39 is 33.8 Å². The van der Waals surface area contributed by atoms with Crippen molar-refractivity contribution in [2.24, 2.45) is 5.41 Å². The van der Waals surface area contributed by atoms with E-state index in [-0.39, 0.29) is 35.2 Å². The number of amides is 1. The number of hydrogen-bond donors (Lipinski definition) is 3. The largest absolute Gasteiger partial charge is 0.379 e. The van der Waals surface area contributed by atoms with Crippen LogP contribution in [-0.4, -0.2) is 24.0 Å². The van der Waals surface area contributed by atoms with Crippen LogP contribution in [0.1, 0.15) is 24.2 Å². The number of aromatic nitrogens is 1. The van der Waals surface area contributed by atoms with E-state index in [1.54, 1.807) is 12.1 Å². The van der Waals surface area contributed by atoms with Crippen LogP contribution < -0.4 is 26.8 Å². The highest BCUT2D eigenvalue weighted by molar-refractivity contribution is 6.32. The van der Waals surface area contributed by atoms with Gasteiger partial charge in [-0.1, -0.05) is 25.4 Å². The van der Waals surface area contributed by atoms with Gasteiger partial charge in [-0.05, 0) is 29.7 Å². The second-order valence-corrected chi connectivity index (χ2v) is 8.09. The summed E-state index contributed by atoms with van der Waals surface area (Å²) < 4.78 is 26.6. The molecule has 0 saturated carbocycles. The minimum Gasteiger partial charge on any atom is -0.379 e. The number of anilines is 3. The van der Waals surface area contributed by atoms with E-state index in [2.05, 4.69) is 20.9 Å². The molecule has 1 amide bonds. The monoisotopic (exact) mass is 448 g/mol. The van der Waals surface area contributed by atoms with Gasteiger partial charge in [0.2, 0.25) is 0 Å². The van der Waals surface area contributed by atoms with Crippen LogP contribution in [0.25, 0.3) is 0 Å². The molecule has 1 aromatic heterocycles. The molecule has 3 aromatic rings. The molecule has 0 aliphatic carbocycles. The fourth-order valence-electron chi connectivity index (χ4n) is 2.79. The van der Waals surface area contributed by atoms with Crippen LogP contribution in [0.5, 0.6) is 0 Å². The third kappa shape index (κ3) is 5.24. The highest BCUT2D eigenvalue weighted by Crippen LogP contribution is 2.26. The summed E-state index contributed by atoms with van der Waals surface area (Å²) in [6, 6.07) is 5.80. The number of halogens is 3. The lowest BCUT2D eigenvalue weighted by atomic mass is 9.93. The molecule has 0 aliphatic heterocycles. The fraction of sp³-hybridized carbons (Fsp3) is 0.238. The SMILES string of the molecule is CC(C)(CNC(=O)c1cc(F)cc(F)c1)CNc1c(Nc2cccnc2Cl)c(=O)c1=O. The number of rotatable bonds is 8. The van der Waals surface area contributed by atoms with Gasteiger partial charge in [0.1, 0.15) is 23.0 Å². The molecule has 10 heteroatoms.